The Bertz CT molecular complexity index is 1190. The van der Waals surface area contributed by atoms with Crippen LogP contribution in [0.2, 0.25) is 0 Å². The number of pyridine rings is 1. The van der Waals surface area contributed by atoms with Gasteiger partial charge in [0, 0.05) is 44.3 Å². The fraction of sp³-hybridized carbons (Fsp3) is 0.481. The zero-order valence-electron chi connectivity index (χ0n) is 21.6. The molecule has 0 spiro atoms. The molecule has 0 aliphatic carbocycles. The van der Waals surface area contributed by atoms with E-state index < -0.39 is 5.60 Å². The van der Waals surface area contributed by atoms with Crippen LogP contribution in [0.5, 0.6) is 10.8 Å². The molecule has 3 heterocycles. The van der Waals surface area contributed by atoms with Crippen LogP contribution in [-0.4, -0.2) is 73.7 Å². The lowest BCUT2D eigenvalue weighted by Crippen LogP contribution is -2.36. The van der Waals surface area contributed by atoms with Gasteiger partial charge in [-0.3, -0.25) is 0 Å². The van der Waals surface area contributed by atoms with Crippen molar-refractivity contribution < 1.29 is 24.1 Å². The standard InChI is InChI=1S/C27H35N3O5S/c1-27(2,3)35-26(32)29(4)12-13-34-20-8-6-19(7-9-20)21-14-23(30-11-10-18(16-30)17-31)25-22(28-21)15-24(33-5)36-25/h6-9,14-15,18,31H,10-13,16-17H2,1-5H3. The zero-order chi connectivity index (χ0) is 25.9. The third kappa shape index (κ3) is 6.20. The molecule has 194 valence electrons. The number of rotatable bonds is 8. The number of carbonyl (C=O) groups excluding carboxylic acids is 1. The molecule has 2 aromatic heterocycles. The van der Waals surface area contributed by atoms with Crippen molar-refractivity contribution in [3.05, 3.63) is 36.4 Å². The second-order valence-electron chi connectivity index (χ2n) is 10.1. The molecule has 8 nitrogen and oxygen atoms in total. The number of carbonyl (C=O) groups is 1. The van der Waals surface area contributed by atoms with E-state index >= 15 is 0 Å². The maximum Gasteiger partial charge on any atom is 0.410 e. The minimum absolute atomic E-state index is 0.209. The van der Waals surface area contributed by atoms with Crippen LogP contribution in [0.25, 0.3) is 21.5 Å². The highest BCUT2D eigenvalue weighted by atomic mass is 32.1. The maximum atomic E-state index is 12.1. The third-order valence-electron chi connectivity index (χ3n) is 6.07. The number of likely N-dealkylation sites (N-methyl/N-ethyl adjacent to an activating group) is 1. The molecule has 1 aliphatic heterocycles. The van der Waals surface area contributed by atoms with Crippen LogP contribution in [0, 0.1) is 5.92 Å². The van der Waals surface area contributed by atoms with Crippen LogP contribution in [0.1, 0.15) is 27.2 Å². The number of amides is 1. The molecule has 1 atom stereocenters. The molecule has 1 amide bonds. The molecule has 1 aliphatic rings. The summed E-state index contributed by atoms with van der Waals surface area (Å²) < 4.78 is 17.8. The van der Waals surface area contributed by atoms with Crippen LogP contribution >= 0.6 is 11.3 Å². The maximum absolute atomic E-state index is 12.1. The fourth-order valence-electron chi connectivity index (χ4n) is 4.12. The largest absolute Gasteiger partial charge is 0.492 e. The molecule has 1 saturated heterocycles. The molecule has 1 fully saturated rings. The quantitative estimate of drug-likeness (QED) is 0.452. The highest BCUT2D eigenvalue weighted by molar-refractivity contribution is 7.21. The Labute approximate surface area is 216 Å². The zero-order valence-corrected chi connectivity index (χ0v) is 22.4. The average Bonchev–Trinajstić information content (AvgIpc) is 3.49. The number of aliphatic hydroxyl groups excluding tert-OH is 1. The van der Waals surface area contributed by atoms with Crippen LogP contribution in [0.15, 0.2) is 36.4 Å². The highest BCUT2D eigenvalue weighted by Gasteiger charge is 2.25. The Morgan fingerprint density at radius 3 is 2.64 bits per heavy atom. The number of methoxy groups -OCH3 is 1. The SMILES string of the molecule is COc1cc2nc(-c3ccc(OCCN(C)C(=O)OC(C)(C)C)cc3)cc(N3CCC(CO)C3)c2s1. The lowest BCUT2D eigenvalue weighted by atomic mass is 10.1. The monoisotopic (exact) mass is 513 g/mol. The number of hydrogen-bond donors (Lipinski definition) is 1. The van der Waals surface area contributed by atoms with Crippen molar-refractivity contribution in [2.24, 2.45) is 5.92 Å². The summed E-state index contributed by atoms with van der Waals surface area (Å²) in [6.45, 7) is 8.27. The predicted molar refractivity (Wildman–Crippen MR) is 143 cm³/mol. The van der Waals surface area contributed by atoms with Crippen LogP contribution in [0.4, 0.5) is 10.5 Å². The van der Waals surface area contributed by atoms with Gasteiger partial charge in [-0.15, -0.1) is 0 Å². The van der Waals surface area contributed by atoms with Gasteiger partial charge >= 0.3 is 6.09 Å². The van der Waals surface area contributed by atoms with Crippen molar-refractivity contribution in [1.82, 2.24) is 9.88 Å². The topological polar surface area (TPSA) is 84.4 Å². The Balaban J connectivity index is 1.47. The summed E-state index contributed by atoms with van der Waals surface area (Å²) in [6.07, 6.45) is 0.611. The predicted octanol–water partition coefficient (Wildman–Crippen LogP) is 5.04. The van der Waals surface area contributed by atoms with Crippen molar-refractivity contribution in [2.75, 3.05) is 51.9 Å². The minimum atomic E-state index is -0.525. The molecular weight excluding hydrogens is 478 g/mol. The van der Waals surface area contributed by atoms with E-state index in [1.807, 2.05) is 51.1 Å². The van der Waals surface area contributed by atoms with E-state index in [0.717, 1.165) is 57.5 Å². The number of benzene rings is 1. The van der Waals surface area contributed by atoms with Crippen molar-refractivity contribution in [3.63, 3.8) is 0 Å². The van der Waals surface area contributed by atoms with Gasteiger partial charge in [0.25, 0.3) is 0 Å². The summed E-state index contributed by atoms with van der Waals surface area (Å²) in [5.41, 5.74) is 3.37. The molecule has 3 aromatic rings. The fourth-order valence-corrected chi connectivity index (χ4v) is 5.08. The van der Waals surface area contributed by atoms with Gasteiger partial charge in [0.2, 0.25) is 0 Å². The molecule has 1 N–H and O–H groups in total. The van der Waals surface area contributed by atoms with E-state index in [1.54, 1.807) is 25.5 Å². The van der Waals surface area contributed by atoms with E-state index in [-0.39, 0.29) is 12.7 Å². The molecule has 1 aromatic carbocycles. The van der Waals surface area contributed by atoms with Crippen LogP contribution < -0.4 is 14.4 Å². The number of anilines is 1. The molecule has 1 unspecified atom stereocenters. The van der Waals surface area contributed by atoms with Gasteiger partial charge in [0.1, 0.15) is 18.0 Å². The number of aliphatic hydroxyl groups is 1. The van der Waals surface area contributed by atoms with Gasteiger partial charge in [0.15, 0.2) is 5.06 Å². The summed E-state index contributed by atoms with van der Waals surface area (Å²) in [4.78, 5) is 20.8. The smallest absolute Gasteiger partial charge is 0.410 e. The van der Waals surface area contributed by atoms with Crippen LogP contribution in [-0.2, 0) is 4.74 Å². The van der Waals surface area contributed by atoms with Crippen molar-refractivity contribution in [3.8, 4) is 22.1 Å². The van der Waals surface area contributed by atoms with E-state index in [1.165, 1.54) is 4.90 Å². The Kier molecular flexibility index (Phi) is 7.90. The molecule has 36 heavy (non-hydrogen) atoms. The van der Waals surface area contributed by atoms with Gasteiger partial charge in [-0.25, -0.2) is 9.78 Å². The summed E-state index contributed by atoms with van der Waals surface area (Å²) in [7, 11) is 3.37. The van der Waals surface area contributed by atoms with Gasteiger partial charge in [-0.1, -0.05) is 11.3 Å². The molecule has 9 heteroatoms. The third-order valence-corrected chi connectivity index (χ3v) is 7.18. The van der Waals surface area contributed by atoms with E-state index in [2.05, 4.69) is 11.0 Å². The number of aromatic nitrogens is 1. The van der Waals surface area contributed by atoms with E-state index in [9.17, 15) is 9.90 Å². The first-order valence-electron chi connectivity index (χ1n) is 12.2. The average molecular weight is 514 g/mol. The van der Waals surface area contributed by atoms with Crippen molar-refractivity contribution in [2.45, 2.75) is 32.8 Å². The lowest BCUT2D eigenvalue weighted by Gasteiger charge is -2.24. The first-order valence-corrected chi connectivity index (χ1v) is 13.0. The molecule has 0 radical (unpaired) electrons. The normalized spacial score (nSPS) is 15.8. The second-order valence-corrected chi connectivity index (χ2v) is 11.1. The first kappa shape index (κ1) is 26.0. The molecule has 4 rings (SSSR count). The first-order chi connectivity index (χ1) is 17.2. The number of ether oxygens (including phenoxy) is 3. The molecular formula is C27H35N3O5S. The highest BCUT2D eigenvalue weighted by Crippen LogP contribution is 2.41. The number of thiophene rings is 1. The number of fused-ring (bicyclic) bond motifs is 1. The summed E-state index contributed by atoms with van der Waals surface area (Å²) in [5.74, 6) is 1.02. The Morgan fingerprint density at radius 2 is 2.00 bits per heavy atom. The van der Waals surface area contributed by atoms with Crippen molar-refractivity contribution >= 4 is 33.3 Å². The van der Waals surface area contributed by atoms with Gasteiger partial charge in [-0.05, 0) is 57.5 Å². The van der Waals surface area contributed by atoms with Crippen LogP contribution in [0.3, 0.4) is 0 Å². The Hall–Kier alpha value is -3.04. The van der Waals surface area contributed by atoms with Gasteiger partial charge < -0.3 is 29.1 Å². The second kappa shape index (κ2) is 10.9. The minimum Gasteiger partial charge on any atom is -0.492 e. The summed E-state index contributed by atoms with van der Waals surface area (Å²) >= 11 is 1.60. The number of hydrogen-bond acceptors (Lipinski definition) is 8. The number of nitrogens with zero attached hydrogens (tertiary/aromatic N) is 3. The molecule has 0 saturated carbocycles. The lowest BCUT2D eigenvalue weighted by molar-refractivity contribution is 0.0278. The van der Waals surface area contributed by atoms with E-state index in [4.69, 9.17) is 19.2 Å². The van der Waals surface area contributed by atoms with E-state index in [0.29, 0.717) is 19.1 Å². The summed E-state index contributed by atoms with van der Waals surface area (Å²) in [5, 5.41) is 10.4. The summed E-state index contributed by atoms with van der Waals surface area (Å²) in [6, 6.07) is 11.9. The molecule has 0 bridgehead atoms. The Morgan fingerprint density at radius 1 is 1.25 bits per heavy atom. The van der Waals surface area contributed by atoms with Gasteiger partial charge in [-0.2, -0.15) is 0 Å². The van der Waals surface area contributed by atoms with Gasteiger partial charge in [0.05, 0.1) is 35.3 Å². The van der Waals surface area contributed by atoms with Crippen molar-refractivity contribution in [1.29, 1.82) is 0 Å².